The molecule has 0 atom stereocenters. The Kier molecular flexibility index (Phi) is 3.24. The fourth-order valence-electron chi connectivity index (χ4n) is 2.65. The summed E-state index contributed by atoms with van der Waals surface area (Å²) in [6.45, 7) is 1.79. The molecule has 0 bridgehead atoms. The molecule has 1 nitrogen and oxygen atoms in total. The van der Waals surface area contributed by atoms with Gasteiger partial charge in [0.2, 0.25) is 0 Å². The zero-order valence-corrected chi connectivity index (χ0v) is 11.1. The van der Waals surface area contributed by atoms with E-state index in [1.54, 1.807) is 13.0 Å². The molecule has 0 heterocycles. The Balaban J connectivity index is 1.58. The minimum atomic E-state index is -0.135. The highest BCUT2D eigenvalue weighted by Gasteiger charge is 2.29. The summed E-state index contributed by atoms with van der Waals surface area (Å²) in [4.78, 5) is 0. The van der Waals surface area contributed by atoms with Crippen LogP contribution in [0.15, 0.2) is 48.5 Å². The first-order chi connectivity index (χ1) is 9.22. The molecule has 3 rings (SSSR count). The van der Waals surface area contributed by atoms with Crippen LogP contribution < -0.4 is 5.32 Å². The third-order valence-electron chi connectivity index (χ3n) is 3.95. The monoisotopic (exact) mass is 255 g/mol. The summed E-state index contributed by atoms with van der Waals surface area (Å²) < 4.78 is 13.5. The Bertz CT molecular complexity index is 559. The van der Waals surface area contributed by atoms with Crippen LogP contribution in [0.3, 0.4) is 0 Å². The van der Waals surface area contributed by atoms with Crippen LogP contribution in [0.1, 0.15) is 29.9 Å². The van der Waals surface area contributed by atoms with Crippen LogP contribution in [0.5, 0.6) is 0 Å². The third kappa shape index (κ3) is 2.62. The Morgan fingerprint density at radius 2 is 1.79 bits per heavy atom. The zero-order valence-electron chi connectivity index (χ0n) is 11.1. The van der Waals surface area contributed by atoms with Crippen LogP contribution in [0.2, 0.25) is 0 Å². The fraction of sp³-hybridized carbons (Fsp3) is 0.294. The van der Waals surface area contributed by atoms with E-state index < -0.39 is 0 Å². The van der Waals surface area contributed by atoms with Crippen molar-refractivity contribution in [3.05, 3.63) is 65.5 Å². The lowest BCUT2D eigenvalue weighted by Crippen LogP contribution is -2.33. The van der Waals surface area contributed by atoms with Crippen molar-refractivity contribution in [2.24, 2.45) is 0 Å². The topological polar surface area (TPSA) is 12.0 Å². The van der Waals surface area contributed by atoms with E-state index in [2.05, 4.69) is 29.6 Å². The molecular formula is C17H18FN. The molecule has 0 unspecified atom stereocenters. The van der Waals surface area contributed by atoms with Gasteiger partial charge < -0.3 is 5.32 Å². The summed E-state index contributed by atoms with van der Waals surface area (Å²) in [6, 6.07) is 16.4. The summed E-state index contributed by atoms with van der Waals surface area (Å²) in [6.07, 6.45) is 2.25. The van der Waals surface area contributed by atoms with Crippen molar-refractivity contribution < 1.29 is 4.39 Å². The third-order valence-corrected chi connectivity index (χ3v) is 3.95. The van der Waals surface area contributed by atoms with Gasteiger partial charge in [-0.25, -0.2) is 4.39 Å². The maximum atomic E-state index is 13.5. The highest BCUT2D eigenvalue weighted by molar-refractivity contribution is 5.47. The molecule has 1 aliphatic rings. The van der Waals surface area contributed by atoms with Gasteiger partial charge in [-0.2, -0.15) is 0 Å². The van der Waals surface area contributed by atoms with E-state index in [-0.39, 0.29) is 5.82 Å². The van der Waals surface area contributed by atoms with E-state index in [4.69, 9.17) is 0 Å². The summed E-state index contributed by atoms with van der Waals surface area (Å²) >= 11 is 0. The Labute approximate surface area is 113 Å². The number of halogens is 1. The lowest BCUT2D eigenvalue weighted by atomic mass is 9.76. The molecule has 98 valence electrons. The molecule has 2 heteroatoms. The number of aryl methyl sites for hydroxylation is 1. The van der Waals surface area contributed by atoms with Gasteiger partial charge in [-0.15, -0.1) is 0 Å². The maximum Gasteiger partial charge on any atom is 0.128 e. The molecule has 19 heavy (non-hydrogen) atoms. The first-order valence-corrected chi connectivity index (χ1v) is 6.80. The number of hydrogen-bond donors (Lipinski definition) is 1. The van der Waals surface area contributed by atoms with Gasteiger partial charge in [-0.1, -0.05) is 36.4 Å². The van der Waals surface area contributed by atoms with Gasteiger partial charge in [-0.05, 0) is 48.9 Å². The average molecular weight is 255 g/mol. The Morgan fingerprint density at radius 3 is 2.47 bits per heavy atom. The van der Waals surface area contributed by atoms with Crippen molar-refractivity contribution in [2.75, 3.05) is 5.32 Å². The molecule has 1 fully saturated rings. The van der Waals surface area contributed by atoms with Crippen molar-refractivity contribution in [1.29, 1.82) is 0 Å². The molecule has 0 aromatic heterocycles. The highest BCUT2D eigenvalue weighted by atomic mass is 19.1. The van der Waals surface area contributed by atoms with Gasteiger partial charge in [0.1, 0.15) is 5.82 Å². The summed E-state index contributed by atoms with van der Waals surface area (Å²) in [5.41, 5.74) is 3.00. The van der Waals surface area contributed by atoms with E-state index >= 15 is 0 Å². The highest BCUT2D eigenvalue weighted by Crippen LogP contribution is 2.38. The van der Waals surface area contributed by atoms with Crippen molar-refractivity contribution in [3.63, 3.8) is 0 Å². The second-order valence-corrected chi connectivity index (χ2v) is 5.38. The quantitative estimate of drug-likeness (QED) is 0.852. The molecule has 0 aliphatic heterocycles. The molecule has 1 N–H and O–H groups in total. The van der Waals surface area contributed by atoms with E-state index in [9.17, 15) is 4.39 Å². The average Bonchev–Trinajstić information content (AvgIpc) is 2.38. The fourth-order valence-corrected chi connectivity index (χ4v) is 2.65. The molecule has 1 aliphatic carbocycles. The van der Waals surface area contributed by atoms with Gasteiger partial charge >= 0.3 is 0 Å². The van der Waals surface area contributed by atoms with E-state index in [0.717, 1.165) is 18.5 Å². The maximum absolute atomic E-state index is 13.5. The first kappa shape index (κ1) is 12.2. The SMILES string of the molecule is Cc1ccc(NC2CC(c3ccccc3)C2)cc1F. The number of rotatable bonds is 3. The number of hydrogen-bond acceptors (Lipinski definition) is 1. The predicted octanol–water partition coefficient (Wildman–Crippen LogP) is 4.49. The van der Waals surface area contributed by atoms with Crippen molar-refractivity contribution in [3.8, 4) is 0 Å². The van der Waals surface area contributed by atoms with Crippen molar-refractivity contribution in [1.82, 2.24) is 0 Å². The Hall–Kier alpha value is -1.83. The minimum Gasteiger partial charge on any atom is -0.382 e. The molecular weight excluding hydrogens is 237 g/mol. The van der Waals surface area contributed by atoms with Gasteiger partial charge in [0.25, 0.3) is 0 Å². The van der Waals surface area contributed by atoms with Crippen molar-refractivity contribution >= 4 is 5.69 Å². The minimum absolute atomic E-state index is 0.135. The summed E-state index contributed by atoms with van der Waals surface area (Å²) in [7, 11) is 0. The van der Waals surface area contributed by atoms with Gasteiger partial charge in [-0.3, -0.25) is 0 Å². The molecule has 2 aromatic rings. The first-order valence-electron chi connectivity index (χ1n) is 6.80. The van der Waals surface area contributed by atoms with E-state index in [0.29, 0.717) is 17.5 Å². The van der Waals surface area contributed by atoms with Crippen LogP contribution in [0.4, 0.5) is 10.1 Å². The second kappa shape index (κ2) is 5.04. The van der Waals surface area contributed by atoms with Gasteiger partial charge in [0.15, 0.2) is 0 Å². The summed E-state index contributed by atoms with van der Waals surface area (Å²) in [5.74, 6) is 0.512. The van der Waals surface area contributed by atoms with Crippen LogP contribution in [-0.2, 0) is 0 Å². The van der Waals surface area contributed by atoms with Crippen LogP contribution in [0.25, 0.3) is 0 Å². The number of anilines is 1. The number of benzene rings is 2. The lowest BCUT2D eigenvalue weighted by Gasteiger charge is -2.37. The van der Waals surface area contributed by atoms with Gasteiger partial charge in [0.05, 0.1) is 0 Å². The van der Waals surface area contributed by atoms with Crippen LogP contribution in [-0.4, -0.2) is 6.04 Å². The smallest absolute Gasteiger partial charge is 0.128 e. The predicted molar refractivity (Wildman–Crippen MR) is 77.0 cm³/mol. The van der Waals surface area contributed by atoms with E-state index in [1.165, 1.54) is 5.56 Å². The lowest BCUT2D eigenvalue weighted by molar-refractivity contribution is 0.374. The molecule has 0 spiro atoms. The van der Waals surface area contributed by atoms with Crippen LogP contribution >= 0.6 is 0 Å². The molecule has 0 amide bonds. The van der Waals surface area contributed by atoms with Crippen LogP contribution in [0, 0.1) is 12.7 Å². The Morgan fingerprint density at radius 1 is 1.05 bits per heavy atom. The molecule has 0 radical (unpaired) electrons. The largest absolute Gasteiger partial charge is 0.382 e. The normalized spacial score (nSPS) is 21.8. The molecule has 0 saturated heterocycles. The van der Waals surface area contributed by atoms with E-state index in [1.807, 2.05) is 18.2 Å². The molecule has 1 saturated carbocycles. The standard InChI is InChI=1S/C17H18FN/c1-12-7-8-15(11-17(12)18)19-16-9-14(10-16)13-5-3-2-4-6-13/h2-8,11,14,16,19H,9-10H2,1H3. The van der Waals surface area contributed by atoms with Crippen molar-refractivity contribution in [2.45, 2.75) is 31.7 Å². The number of nitrogens with one attached hydrogen (secondary N) is 1. The zero-order chi connectivity index (χ0) is 13.2. The summed E-state index contributed by atoms with van der Waals surface area (Å²) in [5, 5.41) is 3.41. The second-order valence-electron chi connectivity index (χ2n) is 5.38. The van der Waals surface area contributed by atoms with Gasteiger partial charge in [0, 0.05) is 11.7 Å². The molecule has 2 aromatic carbocycles.